The third kappa shape index (κ3) is 6.42. The van der Waals surface area contributed by atoms with Crippen molar-refractivity contribution >= 4 is 40.8 Å². The van der Waals surface area contributed by atoms with Crippen molar-refractivity contribution in [1.82, 2.24) is 9.55 Å². The van der Waals surface area contributed by atoms with E-state index in [1.807, 2.05) is 12.1 Å². The lowest BCUT2D eigenvalue weighted by Crippen LogP contribution is -2.14. The van der Waals surface area contributed by atoms with Gasteiger partial charge in [-0.3, -0.25) is 9.36 Å². The lowest BCUT2D eigenvalue weighted by Gasteiger charge is -2.08. The highest BCUT2D eigenvalue weighted by Crippen LogP contribution is 2.37. The van der Waals surface area contributed by atoms with Gasteiger partial charge in [0, 0.05) is 16.7 Å². The minimum absolute atomic E-state index is 0.0907. The van der Waals surface area contributed by atoms with Gasteiger partial charge in [0.15, 0.2) is 0 Å². The summed E-state index contributed by atoms with van der Waals surface area (Å²) in [6.45, 7) is 9.59. The van der Waals surface area contributed by atoms with E-state index < -0.39 is 23.9 Å². The molecule has 0 bridgehead atoms. The highest BCUT2D eigenvalue weighted by atomic mass is 16.6. The van der Waals surface area contributed by atoms with E-state index in [0.29, 0.717) is 39.1 Å². The van der Waals surface area contributed by atoms with Crippen molar-refractivity contribution in [3.05, 3.63) is 102 Å². The summed E-state index contributed by atoms with van der Waals surface area (Å²) in [6, 6.07) is 16.8. The van der Waals surface area contributed by atoms with Crippen molar-refractivity contribution in [3.63, 3.8) is 0 Å². The average molecular weight is 609 g/mol. The van der Waals surface area contributed by atoms with Crippen LogP contribution >= 0.6 is 0 Å². The molecule has 0 atom stereocenters. The van der Waals surface area contributed by atoms with E-state index in [9.17, 15) is 24.0 Å². The Hall–Kier alpha value is -5.84. The fourth-order valence-corrected chi connectivity index (χ4v) is 4.59. The first-order chi connectivity index (χ1) is 21.5. The quantitative estimate of drug-likeness (QED) is 0.0878. The van der Waals surface area contributed by atoms with Gasteiger partial charge in [0.05, 0.1) is 27.7 Å². The molecule has 0 N–H and O–H groups in total. The predicted octanol–water partition coefficient (Wildman–Crippen LogP) is 4.92. The van der Waals surface area contributed by atoms with Crippen LogP contribution in [0.1, 0.15) is 44.9 Å². The Labute approximate surface area is 257 Å². The van der Waals surface area contributed by atoms with E-state index in [1.54, 1.807) is 36.4 Å². The summed E-state index contributed by atoms with van der Waals surface area (Å²) in [5, 5.41) is 0. The highest BCUT2D eigenvalue weighted by Gasteiger charge is 2.31. The molecule has 228 valence electrons. The summed E-state index contributed by atoms with van der Waals surface area (Å²) in [5.74, 6) is -2.17. The fraction of sp³-hybridized carbons (Fsp3) is 0.176. The largest absolute Gasteiger partial charge is 0.459 e. The molecule has 0 unspecified atom stereocenters. The third-order valence-corrected chi connectivity index (χ3v) is 6.81. The predicted molar refractivity (Wildman–Crippen MR) is 162 cm³/mol. The molecule has 0 spiro atoms. The summed E-state index contributed by atoms with van der Waals surface area (Å²) in [4.78, 5) is 66.1. The van der Waals surface area contributed by atoms with Gasteiger partial charge in [-0.25, -0.2) is 24.2 Å². The molecule has 1 aliphatic rings. The van der Waals surface area contributed by atoms with E-state index in [1.165, 1.54) is 30.5 Å². The zero-order chi connectivity index (χ0) is 32.2. The maximum Gasteiger partial charge on any atom is 0.338 e. The fourth-order valence-electron chi connectivity index (χ4n) is 4.59. The molecule has 0 fully saturated rings. The minimum Gasteiger partial charge on any atom is -0.459 e. The standard InChI is InChI=1S/C34H28N2O9/c1-19(2)31(38)42-12-14-44-33(40)23-7-5-6-21(16-23)22-8-10-25-26(17-22)29-35-27-18-24(9-11-28(27)36(29)30(25)37)34(41)45-15-13-43-32(39)20(3)4/h5-11,16-18H,1,3,12-15H2,2,4H3. The summed E-state index contributed by atoms with van der Waals surface area (Å²) < 4.78 is 21.8. The van der Waals surface area contributed by atoms with Crippen LogP contribution in [0.15, 0.2) is 85.0 Å². The molecule has 1 aromatic heterocycles. The molecule has 0 aliphatic carbocycles. The maximum absolute atomic E-state index is 13.3. The molecule has 0 amide bonds. The van der Waals surface area contributed by atoms with E-state index in [-0.39, 0.29) is 49.0 Å². The SMILES string of the molecule is C=C(C)C(=O)OCCOC(=O)c1cccc(-c2ccc3c(c2)-c2nc4cc(C(=O)OCCOC(=O)C(=C)C)ccc4n2C3=O)c1. The number of hydrogen-bond donors (Lipinski definition) is 0. The molecule has 0 radical (unpaired) electrons. The van der Waals surface area contributed by atoms with Crippen LogP contribution in [-0.4, -0.2) is 65.8 Å². The first kappa shape index (κ1) is 30.6. The van der Waals surface area contributed by atoms with Crippen LogP contribution in [0.2, 0.25) is 0 Å². The van der Waals surface area contributed by atoms with Crippen molar-refractivity contribution in [3.8, 4) is 22.5 Å². The van der Waals surface area contributed by atoms with Crippen molar-refractivity contribution in [2.24, 2.45) is 0 Å². The number of esters is 4. The number of fused-ring (bicyclic) bond motifs is 5. The first-order valence-corrected chi connectivity index (χ1v) is 13.9. The number of ether oxygens (including phenoxy) is 4. The van der Waals surface area contributed by atoms with Gasteiger partial charge >= 0.3 is 23.9 Å². The summed E-state index contributed by atoms with van der Waals surface area (Å²) in [7, 11) is 0. The second-order valence-electron chi connectivity index (χ2n) is 10.2. The summed E-state index contributed by atoms with van der Waals surface area (Å²) >= 11 is 0. The van der Waals surface area contributed by atoms with E-state index in [0.717, 1.165) is 5.56 Å². The first-order valence-electron chi connectivity index (χ1n) is 13.9. The highest BCUT2D eigenvalue weighted by molar-refractivity contribution is 6.13. The van der Waals surface area contributed by atoms with Crippen LogP contribution in [-0.2, 0) is 28.5 Å². The number of rotatable bonds is 11. The van der Waals surface area contributed by atoms with Crippen molar-refractivity contribution in [2.75, 3.05) is 26.4 Å². The topological polar surface area (TPSA) is 140 Å². The number of imidazole rings is 1. The molecule has 45 heavy (non-hydrogen) atoms. The molecule has 5 rings (SSSR count). The van der Waals surface area contributed by atoms with Gasteiger partial charge < -0.3 is 18.9 Å². The van der Waals surface area contributed by atoms with E-state index in [2.05, 4.69) is 18.1 Å². The number of carbonyl (C=O) groups is 5. The van der Waals surface area contributed by atoms with Crippen molar-refractivity contribution < 1.29 is 42.9 Å². The number of aromatic nitrogens is 2. The Balaban J connectivity index is 1.32. The monoisotopic (exact) mass is 608 g/mol. The van der Waals surface area contributed by atoms with Crippen LogP contribution in [0.4, 0.5) is 0 Å². The number of benzene rings is 3. The Morgan fingerprint density at radius 3 is 1.89 bits per heavy atom. The molecular weight excluding hydrogens is 580 g/mol. The van der Waals surface area contributed by atoms with Crippen LogP contribution in [0, 0.1) is 0 Å². The van der Waals surface area contributed by atoms with Crippen LogP contribution in [0.3, 0.4) is 0 Å². The maximum atomic E-state index is 13.3. The summed E-state index contributed by atoms with van der Waals surface area (Å²) in [5.41, 5.74) is 4.50. The molecular formula is C34H28N2O9. The van der Waals surface area contributed by atoms with Crippen LogP contribution in [0.25, 0.3) is 33.5 Å². The van der Waals surface area contributed by atoms with Gasteiger partial charge in [0.1, 0.15) is 32.3 Å². The van der Waals surface area contributed by atoms with Gasteiger partial charge in [0.25, 0.3) is 5.91 Å². The molecule has 2 heterocycles. The van der Waals surface area contributed by atoms with Gasteiger partial charge in [-0.2, -0.15) is 0 Å². The van der Waals surface area contributed by atoms with Gasteiger partial charge in [-0.1, -0.05) is 31.4 Å². The molecule has 0 saturated carbocycles. The molecule has 4 aromatic rings. The normalized spacial score (nSPS) is 11.4. The smallest absolute Gasteiger partial charge is 0.338 e. The van der Waals surface area contributed by atoms with Gasteiger partial charge in [0.2, 0.25) is 0 Å². The minimum atomic E-state index is -0.628. The Kier molecular flexibility index (Phi) is 8.71. The van der Waals surface area contributed by atoms with Crippen molar-refractivity contribution in [1.29, 1.82) is 0 Å². The molecule has 11 heteroatoms. The molecule has 3 aromatic carbocycles. The van der Waals surface area contributed by atoms with Gasteiger partial charge in [-0.15, -0.1) is 0 Å². The Bertz CT molecular complexity index is 1920. The zero-order valence-electron chi connectivity index (χ0n) is 24.6. The lowest BCUT2D eigenvalue weighted by molar-refractivity contribution is -0.140. The van der Waals surface area contributed by atoms with Crippen molar-refractivity contribution in [2.45, 2.75) is 13.8 Å². The lowest BCUT2D eigenvalue weighted by atomic mass is 9.98. The van der Waals surface area contributed by atoms with E-state index in [4.69, 9.17) is 18.9 Å². The zero-order valence-corrected chi connectivity index (χ0v) is 24.6. The summed E-state index contributed by atoms with van der Waals surface area (Å²) in [6.07, 6.45) is 0. The number of nitrogens with zero attached hydrogens (tertiary/aromatic N) is 2. The molecule has 11 nitrogen and oxygen atoms in total. The average Bonchev–Trinajstić information content (AvgIpc) is 3.54. The third-order valence-electron chi connectivity index (χ3n) is 6.81. The number of hydrogen-bond acceptors (Lipinski definition) is 10. The Morgan fingerprint density at radius 2 is 1.27 bits per heavy atom. The van der Waals surface area contributed by atoms with Crippen LogP contribution in [0.5, 0.6) is 0 Å². The molecule has 1 aliphatic heterocycles. The van der Waals surface area contributed by atoms with E-state index >= 15 is 0 Å². The van der Waals surface area contributed by atoms with Gasteiger partial charge in [-0.05, 0) is 67.4 Å². The Morgan fingerprint density at radius 1 is 0.689 bits per heavy atom. The second-order valence-corrected chi connectivity index (χ2v) is 10.2. The second kappa shape index (κ2) is 12.8. The molecule has 0 saturated heterocycles. The van der Waals surface area contributed by atoms with Crippen LogP contribution < -0.4 is 0 Å². The number of carbonyl (C=O) groups excluding carboxylic acids is 5.